The first-order valence-electron chi connectivity index (χ1n) is 6.63. The van der Waals surface area contributed by atoms with Crippen molar-refractivity contribution in [2.24, 2.45) is 23.2 Å². The van der Waals surface area contributed by atoms with Gasteiger partial charge in [-0.1, -0.05) is 34.6 Å². The van der Waals surface area contributed by atoms with Crippen LogP contribution in [0.3, 0.4) is 0 Å². The Labute approximate surface area is 90.5 Å². The minimum atomic E-state index is 0.863. The van der Waals surface area contributed by atoms with Gasteiger partial charge in [0.25, 0.3) is 0 Å². The highest BCUT2D eigenvalue weighted by molar-refractivity contribution is 4.98. The van der Waals surface area contributed by atoms with Crippen molar-refractivity contribution in [1.82, 2.24) is 0 Å². The fourth-order valence-electron chi connectivity index (χ4n) is 3.07. The second-order valence-electron chi connectivity index (χ2n) is 5.63. The van der Waals surface area contributed by atoms with Crippen LogP contribution in [0.25, 0.3) is 0 Å². The molecule has 2 saturated carbocycles. The van der Waals surface area contributed by atoms with Crippen LogP contribution < -0.4 is 0 Å². The van der Waals surface area contributed by atoms with Crippen molar-refractivity contribution in [1.29, 1.82) is 0 Å². The molecule has 2 aliphatic carbocycles. The van der Waals surface area contributed by atoms with Gasteiger partial charge in [0.05, 0.1) is 0 Å². The predicted octanol–water partition coefficient (Wildman–Crippen LogP) is 4.89. The van der Waals surface area contributed by atoms with Crippen LogP contribution in [0.15, 0.2) is 0 Å². The molecule has 84 valence electrons. The summed E-state index contributed by atoms with van der Waals surface area (Å²) in [5.74, 6) is 2.94. The summed E-state index contributed by atoms with van der Waals surface area (Å²) in [7, 11) is 0. The van der Waals surface area contributed by atoms with E-state index < -0.39 is 0 Å². The molecular weight excluding hydrogens is 168 g/mol. The molecule has 14 heavy (non-hydrogen) atoms. The van der Waals surface area contributed by atoms with E-state index in [1.165, 1.54) is 12.8 Å². The fraction of sp³-hybridized carbons (Fsp3) is 1.00. The molecule has 2 aliphatic rings. The van der Waals surface area contributed by atoms with E-state index in [0.717, 1.165) is 23.2 Å². The average molecular weight is 196 g/mol. The third kappa shape index (κ3) is 2.52. The lowest BCUT2D eigenvalue weighted by molar-refractivity contribution is 0.135. The van der Waals surface area contributed by atoms with Crippen LogP contribution >= 0.6 is 0 Å². The van der Waals surface area contributed by atoms with Gasteiger partial charge in [0.1, 0.15) is 0 Å². The first kappa shape index (κ1) is 12.1. The summed E-state index contributed by atoms with van der Waals surface area (Å²) >= 11 is 0. The fourth-order valence-corrected chi connectivity index (χ4v) is 3.07. The lowest BCUT2D eigenvalue weighted by Gasteiger charge is -2.37. The zero-order chi connectivity index (χ0) is 10.8. The van der Waals surface area contributed by atoms with Crippen molar-refractivity contribution < 1.29 is 0 Å². The second kappa shape index (κ2) is 4.68. The van der Waals surface area contributed by atoms with Crippen molar-refractivity contribution in [3.63, 3.8) is 0 Å². The van der Waals surface area contributed by atoms with E-state index in [4.69, 9.17) is 0 Å². The largest absolute Gasteiger partial charge is 0.0683 e. The van der Waals surface area contributed by atoms with Gasteiger partial charge in [-0.25, -0.2) is 0 Å². The molecule has 0 nitrogen and oxygen atoms in total. The number of rotatable bonds is 1. The zero-order valence-electron chi connectivity index (χ0n) is 10.8. The van der Waals surface area contributed by atoms with Gasteiger partial charge in [0.15, 0.2) is 0 Å². The van der Waals surface area contributed by atoms with Crippen molar-refractivity contribution in [3.05, 3.63) is 0 Å². The first-order chi connectivity index (χ1) is 6.63. The molecule has 2 fully saturated rings. The van der Waals surface area contributed by atoms with Crippen LogP contribution in [0.2, 0.25) is 0 Å². The minimum absolute atomic E-state index is 0.863. The van der Waals surface area contributed by atoms with Crippen LogP contribution in [-0.2, 0) is 0 Å². The molecule has 2 rings (SSSR count). The standard InChI is InChI=1S/C12H22.C2H6/c1-9(2)11-8-12(6-7-12)5-4-10(11)3;1-2/h9-11H,4-8H2,1-3H3;1-2H3. The third-order valence-corrected chi connectivity index (χ3v) is 4.34. The van der Waals surface area contributed by atoms with E-state index >= 15 is 0 Å². The monoisotopic (exact) mass is 196 g/mol. The minimum Gasteiger partial charge on any atom is -0.0683 e. The summed E-state index contributed by atoms with van der Waals surface area (Å²) in [4.78, 5) is 0. The van der Waals surface area contributed by atoms with Gasteiger partial charge in [-0.3, -0.25) is 0 Å². The van der Waals surface area contributed by atoms with Gasteiger partial charge in [0, 0.05) is 0 Å². The maximum atomic E-state index is 2.46. The number of hydrogen-bond acceptors (Lipinski definition) is 0. The molecule has 0 aromatic heterocycles. The Bertz CT molecular complexity index is 165. The van der Waals surface area contributed by atoms with Crippen molar-refractivity contribution in [3.8, 4) is 0 Å². The molecule has 1 spiro atoms. The summed E-state index contributed by atoms with van der Waals surface area (Å²) in [6, 6.07) is 0. The molecule has 0 aliphatic heterocycles. The van der Waals surface area contributed by atoms with E-state index in [2.05, 4.69) is 20.8 Å². The Morgan fingerprint density at radius 3 is 2.07 bits per heavy atom. The summed E-state index contributed by atoms with van der Waals surface area (Å²) < 4.78 is 0. The topological polar surface area (TPSA) is 0 Å². The van der Waals surface area contributed by atoms with Gasteiger partial charge >= 0.3 is 0 Å². The molecule has 0 aromatic rings. The van der Waals surface area contributed by atoms with Gasteiger partial charge in [-0.05, 0) is 55.3 Å². The zero-order valence-corrected chi connectivity index (χ0v) is 10.8. The highest BCUT2D eigenvalue weighted by atomic mass is 14.5. The van der Waals surface area contributed by atoms with E-state index in [0.29, 0.717) is 0 Å². The summed E-state index contributed by atoms with van der Waals surface area (Å²) in [5.41, 5.74) is 0.863. The molecule has 0 aromatic carbocycles. The van der Waals surface area contributed by atoms with Crippen LogP contribution in [-0.4, -0.2) is 0 Å². The van der Waals surface area contributed by atoms with Crippen molar-refractivity contribution in [2.45, 2.75) is 66.7 Å². The van der Waals surface area contributed by atoms with Crippen molar-refractivity contribution >= 4 is 0 Å². The molecule has 0 radical (unpaired) electrons. The van der Waals surface area contributed by atoms with Gasteiger partial charge in [-0.15, -0.1) is 0 Å². The van der Waals surface area contributed by atoms with E-state index in [1.807, 2.05) is 13.8 Å². The van der Waals surface area contributed by atoms with E-state index in [-0.39, 0.29) is 0 Å². The molecular formula is C14H28. The number of hydrogen-bond donors (Lipinski definition) is 0. The lowest BCUT2D eigenvalue weighted by atomic mass is 9.69. The first-order valence-corrected chi connectivity index (χ1v) is 6.63. The van der Waals surface area contributed by atoms with Crippen LogP contribution in [0, 0.1) is 23.2 Å². The average Bonchev–Trinajstić information content (AvgIpc) is 2.93. The van der Waals surface area contributed by atoms with Crippen LogP contribution in [0.4, 0.5) is 0 Å². The Morgan fingerprint density at radius 2 is 1.64 bits per heavy atom. The molecule has 2 unspecified atom stereocenters. The Kier molecular flexibility index (Phi) is 4.04. The summed E-state index contributed by atoms with van der Waals surface area (Å²) in [6.45, 7) is 11.3. The van der Waals surface area contributed by atoms with E-state index in [9.17, 15) is 0 Å². The van der Waals surface area contributed by atoms with Crippen LogP contribution in [0.1, 0.15) is 66.7 Å². The molecule has 2 atom stereocenters. The summed E-state index contributed by atoms with van der Waals surface area (Å²) in [5, 5.41) is 0. The Hall–Kier alpha value is 0. The van der Waals surface area contributed by atoms with Gasteiger partial charge in [0.2, 0.25) is 0 Å². The molecule has 0 N–H and O–H groups in total. The highest BCUT2D eigenvalue weighted by Crippen LogP contribution is 2.59. The molecule has 0 amide bonds. The third-order valence-electron chi connectivity index (χ3n) is 4.34. The maximum absolute atomic E-state index is 2.46. The second-order valence-corrected chi connectivity index (χ2v) is 5.63. The maximum Gasteiger partial charge on any atom is -0.0294 e. The molecule has 0 heterocycles. The smallest absolute Gasteiger partial charge is 0.0294 e. The normalized spacial score (nSPS) is 33.9. The molecule has 0 saturated heterocycles. The Balaban J connectivity index is 0.000000461. The Morgan fingerprint density at radius 1 is 1.07 bits per heavy atom. The highest BCUT2D eigenvalue weighted by Gasteiger charge is 2.47. The predicted molar refractivity (Wildman–Crippen MR) is 64.4 cm³/mol. The van der Waals surface area contributed by atoms with E-state index in [1.54, 1.807) is 19.3 Å². The lowest BCUT2D eigenvalue weighted by Crippen LogP contribution is -2.27. The molecule has 0 heteroatoms. The van der Waals surface area contributed by atoms with Crippen molar-refractivity contribution in [2.75, 3.05) is 0 Å². The quantitative estimate of drug-likeness (QED) is 0.560. The van der Waals surface area contributed by atoms with Gasteiger partial charge in [-0.2, -0.15) is 0 Å². The SMILES string of the molecule is CC.CC(C)C1CC2(CCC1C)CC2. The summed E-state index contributed by atoms with van der Waals surface area (Å²) in [6.07, 6.45) is 7.68. The van der Waals surface area contributed by atoms with Gasteiger partial charge < -0.3 is 0 Å². The van der Waals surface area contributed by atoms with Crippen LogP contribution in [0.5, 0.6) is 0 Å². The molecule has 0 bridgehead atoms.